The summed E-state index contributed by atoms with van der Waals surface area (Å²) in [4.78, 5) is 34.1. The van der Waals surface area contributed by atoms with Gasteiger partial charge >= 0.3 is 0 Å². The molecule has 0 aliphatic carbocycles. The Labute approximate surface area is 167 Å². The smallest absolute Gasteiger partial charge is 0.256 e. The standard InChI is InChI=1S/C22H20FN3O3/c1-29-15-8-6-14(7-9-15)12-20(27)26-11-10-19-17(13-26)22(28)25-21(24-19)16-4-2-3-5-18(16)23/h2-9H,10-13H2,1H3,(H,24,25,28). The molecule has 0 bridgehead atoms. The van der Waals surface area contributed by atoms with Crippen LogP contribution in [0.1, 0.15) is 16.8 Å². The van der Waals surface area contributed by atoms with Gasteiger partial charge in [0.25, 0.3) is 5.56 Å². The van der Waals surface area contributed by atoms with Gasteiger partial charge in [-0.05, 0) is 29.8 Å². The average Bonchev–Trinajstić information content (AvgIpc) is 2.74. The van der Waals surface area contributed by atoms with E-state index < -0.39 is 5.82 Å². The highest BCUT2D eigenvalue weighted by molar-refractivity contribution is 5.79. The molecule has 0 atom stereocenters. The van der Waals surface area contributed by atoms with Gasteiger partial charge in [0.15, 0.2) is 0 Å². The quantitative estimate of drug-likeness (QED) is 0.740. The van der Waals surface area contributed by atoms with E-state index in [-0.39, 0.29) is 35.8 Å². The first kappa shape index (κ1) is 18.9. The number of hydrogen-bond donors (Lipinski definition) is 1. The lowest BCUT2D eigenvalue weighted by Gasteiger charge is -2.28. The number of aromatic nitrogens is 2. The Morgan fingerprint density at radius 3 is 2.69 bits per heavy atom. The molecule has 2 aromatic carbocycles. The van der Waals surface area contributed by atoms with Crippen LogP contribution in [0.3, 0.4) is 0 Å². The van der Waals surface area contributed by atoms with Crippen LogP contribution < -0.4 is 10.3 Å². The molecule has 0 unspecified atom stereocenters. The SMILES string of the molecule is COc1ccc(CC(=O)N2CCc3nc(-c4ccccc4F)[nH]c(=O)c3C2)cc1. The molecular formula is C22H20FN3O3. The van der Waals surface area contributed by atoms with Gasteiger partial charge in [-0.15, -0.1) is 0 Å². The highest BCUT2D eigenvalue weighted by Crippen LogP contribution is 2.21. The van der Waals surface area contributed by atoms with Crippen molar-refractivity contribution in [1.29, 1.82) is 0 Å². The second-order valence-electron chi connectivity index (χ2n) is 6.91. The molecule has 1 aliphatic rings. The molecule has 29 heavy (non-hydrogen) atoms. The molecule has 4 rings (SSSR count). The van der Waals surface area contributed by atoms with E-state index in [0.29, 0.717) is 24.2 Å². The minimum atomic E-state index is -0.442. The molecule has 3 aromatic rings. The number of benzene rings is 2. The van der Waals surface area contributed by atoms with Gasteiger partial charge in [-0.1, -0.05) is 24.3 Å². The molecule has 0 fully saturated rings. The number of aromatic amines is 1. The zero-order valence-electron chi connectivity index (χ0n) is 15.9. The van der Waals surface area contributed by atoms with Crippen LogP contribution in [0.15, 0.2) is 53.3 Å². The molecular weight excluding hydrogens is 373 g/mol. The van der Waals surface area contributed by atoms with Crippen LogP contribution in [0.2, 0.25) is 0 Å². The minimum absolute atomic E-state index is 0.0570. The molecule has 1 aliphatic heterocycles. The van der Waals surface area contributed by atoms with Crippen molar-refractivity contribution in [2.75, 3.05) is 13.7 Å². The van der Waals surface area contributed by atoms with Crippen LogP contribution in [0.25, 0.3) is 11.4 Å². The number of rotatable bonds is 4. The summed E-state index contributed by atoms with van der Waals surface area (Å²) in [5.74, 6) is 0.447. The van der Waals surface area contributed by atoms with Crippen LogP contribution in [0.5, 0.6) is 5.75 Å². The number of H-pyrrole nitrogens is 1. The predicted molar refractivity (Wildman–Crippen MR) is 106 cm³/mol. The summed E-state index contributed by atoms with van der Waals surface area (Å²) in [6.07, 6.45) is 0.701. The van der Waals surface area contributed by atoms with Gasteiger partial charge in [0, 0.05) is 13.0 Å². The number of halogens is 1. The van der Waals surface area contributed by atoms with Crippen LogP contribution in [0, 0.1) is 5.82 Å². The molecule has 2 heterocycles. The number of hydrogen-bond acceptors (Lipinski definition) is 4. The summed E-state index contributed by atoms with van der Waals surface area (Å²) in [6, 6.07) is 13.5. The summed E-state index contributed by atoms with van der Waals surface area (Å²) in [5, 5.41) is 0. The topological polar surface area (TPSA) is 75.3 Å². The van der Waals surface area contributed by atoms with Crippen LogP contribution >= 0.6 is 0 Å². The highest BCUT2D eigenvalue weighted by Gasteiger charge is 2.25. The molecule has 1 N–H and O–H groups in total. The van der Waals surface area contributed by atoms with Gasteiger partial charge in [0.1, 0.15) is 17.4 Å². The Kier molecular flexibility index (Phi) is 5.12. The molecule has 0 saturated heterocycles. The second-order valence-corrected chi connectivity index (χ2v) is 6.91. The Balaban J connectivity index is 1.53. The Morgan fingerprint density at radius 2 is 1.97 bits per heavy atom. The maximum absolute atomic E-state index is 14.0. The summed E-state index contributed by atoms with van der Waals surface area (Å²) in [6.45, 7) is 0.666. The number of methoxy groups -OCH3 is 1. The Bertz CT molecular complexity index is 1110. The van der Waals surface area contributed by atoms with Crippen molar-refractivity contribution in [2.24, 2.45) is 0 Å². The first-order chi connectivity index (χ1) is 14.0. The van der Waals surface area contributed by atoms with Gasteiger partial charge in [-0.25, -0.2) is 9.37 Å². The van der Waals surface area contributed by atoms with Crippen molar-refractivity contribution < 1.29 is 13.9 Å². The number of nitrogens with one attached hydrogen (secondary N) is 1. The Morgan fingerprint density at radius 1 is 1.21 bits per heavy atom. The van der Waals surface area contributed by atoms with Crippen molar-refractivity contribution in [3.8, 4) is 17.1 Å². The maximum Gasteiger partial charge on any atom is 0.256 e. The lowest BCUT2D eigenvalue weighted by atomic mass is 10.0. The Hall–Kier alpha value is -3.48. The number of carbonyl (C=O) groups excluding carboxylic acids is 1. The third-order valence-electron chi connectivity index (χ3n) is 5.06. The van der Waals surface area contributed by atoms with Crippen molar-refractivity contribution in [3.63, 3.8) is 0 Å². The van der Waals surface area contributed by atoms with Crippen molar-refractivity contribution in [1.82, 2.24) is 14.9 Å². The predicted octanol–water partition coefficient (Wildman–Crippen LogP) is 2.71. The molecule has 1 aromatic heterocycles. The zero-order valence-corrected chi connectivity index (χ0v) is 15.9. The summed E-state index contributed by atoms with van der Waals surface area (Å²) in [7, 11) is 1.59. The molecule has 0 radical (unpaired) electrons. The van der Waals surface area contributed by atoms with Crippen LogP contribution in [-0.2, 0) is 24.2 Å². The average molecular weight is 393 g/mol. The number of fused-ring (bicyclic) bond motifs is 1. The van der Waals surface area contributed by atoms with Crippen molar-refractivity contribution >= 4 is 5.91 Å². The number of nitrogens with zero attached hydrogens (tertiary/aromatic N) is 2. The molecule has 7 heteroatoms. The first-order valence-corrected chi connectivity index (χ1v) is 9.33. The first-order valence-electron chi connectivity index (χ1n) is 9.33. The van der Waals surface area contributed by atoms with E-state index in [4.69, 9.17) is 4.74 Å². The lowest BCUT2D eigenvalue weighted by Crippen LogP contribution is -2.40. The molecule has 1 amide bonds. The van der Waals surface area contributed by atoms with Crippen LogP contribution in [0.4, 0.5) is 4.39 Å². The zero-order chi connectivity index (χ0) is 20.4. The monoisotopic (exact) mass is 393 g/mol. The molecule has 0 spiro atoms. The maximum atomic E-state index is 14.0. The normalized spacial score (nSPS) is 13.1. The van der Waals surface area contributed by atoms with Gasteiger partial charge in [-0.3, -0.25) is 9.59 Å². The van der Waals surface area contributed by atoms with Gasteiger partial charge < -0.3 is 14.6 Å². The van der Waals surface area contributed by atoms with E-state index in [1.54, 1.807) is 30.2 Å². The fraction of sp³-hybridized carbons (Fsp3) is 0.227. The van der Waals surface area contributed by atoms with Gasteiger partial charge in [0.05, 0.1) is 36.9 Å². The van der Waals surface area contributed by atoms with Gasteiger partial charge in [0.2, 0.25) is 5.91 Å². The van der Waals surface area contributed by atoms with Crippen molar-refractivity contribution in [2.45, 2.75) is 19.4 Å². The van der Waals surface area contributed by atoms with E-state index in [2.05, 4.69) is 9.97 Å². The number of ether oxygens (including phenoxy) is 1. The largest absolute Gasteiger partial charge is 0.497 e. The van der Waals surface area contributed by atoms with E-state index >= 15 is 0 Å². The summed E-state index contributed by atoms with van der Waals surface area (Å²) < 4.78 is 19.2. The molecule has 0 saturated carbocycles. The molecule has 148 valence electrons. The van der Waals surface area contributed by atoms with Crippen LogP contribution in [-0.4, -0.2) is 34.4 Å². The highest BCUT2D eigenvalue weighted by atomic mass is 19.1. The lowest BCUT2D eigenvalue weighted by molar-refractivity contribution is -0.131. The van der Waals surface area contributed by atoms with E-state index in [1.165, 1.54) is 6.07 Å². The van der Waals surface area contributed by atoms with E-state index in [1.807, 2.05) is 24.3 Å². The fourth-order valence-electron chi connectivity index (χ4n) is 3.45. The third kappa shape index (κ3) is 3.89. The number of carbonyl (C=O) groups is 1. The summed E-state index contributed by atoms with van der Waals surface area (Å²) in [5.41, 5.74) is 1.86. The summed E-state index contributed by atoms with van der Waals surface area (Å²) >= 11 is 0. The third-order valence-corrected chi connectivity index (χ3v) is 5.06. The van der Waals surface area contributed by atoms with E-state index in [9.17, 15) is 14.0 Å². The minimum Gasteiger partial charge on any atom is -0.497 e. The van der Waals surface area contributed by atoms with E-state index in [0.717, 1.165) is 11.3 Å². The molecule has 6 nitrogen and oxygen atoms in total. The van der Waals surface area contributed by atoms with Crippen molar-refractivity contribution in [3.05, 3.63) is 81.5 Å². The number of amides is 1. The fourth-order valence-corrected chi connectivity index (χ4v) is 3.45. The second kappa shape index (κ2) is 7.87. The van der Waals surface area contributed by atoms with Gasteiger partial charge in [-0.2, -0.15) is 0 Å².